The Morgan fingerprint density at radius 2 is 2.07 bits per heavy atom. The zero-order valence-corrected chi connectivity index (χ0v) is 8.57. The number of nitrogens with two attached hydrogens (primary N) is 1. The van der Waals surface area contributed by atoms with Crippen molar-refractivity contribution in [3.05, 3.63) is 23.8 Å². The van der Waals surface area contributed by atoms with Crippen LogP contribution in [0.15, 0.2) is 18.2 Å². The van der Waals surface area contributed by atoms with Crippen LogP contribution in [0.25, 0.3) is 0 Å². The summed E-state index contributed by atoms with van der Waals surface area (Å²) in [4.78, 5) is 0. The molecule has 0 aromatic heterocycles. The van der Waals surface area contributed by atoms with Gasteiger partial charge in [-0.15, -0.1) is 0 Å². The normalized spacial score (nSPS) is 13.1. The molecule has 1 aliphatic rings. The van der Waals surface area contributed by atoms with Crippen molar-refractivity contribution < 1.29 is 14.2 Å². The Morgan fingerprint density at radius 1 is 1.20 bits per heavy atom. The number of benzene rings is 1. The Balaban J connectivity index is 1.87. The number of fused-ring (bicyclic) bond motifs is 1. The van der Waals surface area contributed by atoms with E-state index in [9.17, 15) is 0 Å². The van der Waals surface area contributed by atoms with Crippen LogP contribution >= 0.6 is 0 Å². The molecule has 0 amide bonds. The lowest BCUT2D eigenvalue weighted by Gasteiger charge is -2.03. The van der Waals surface area contributed by atoms with Crippen LogP contribution in [-0.4, -0.2) is 26.6 Å². The summed E-state index contributed by atoms with van der Waals surface area (Å²) >= 11 is 0. The lowest BCUT2D eigenvalue weighted by Crippen LogP contribution is -2.10. The fourth-order valence-corrected chi connectivity index (χ4v) is 1.47. The minimum absolute atomic E-state index is 0.322. The van der Waals surface area contributed by atoms with E-state index >= 15 is 0 Å². The molecule has 0 bridgehead atoms. The van der Waals surface area contributed by atoms with Crippen LogP contribution < -0.4 is 15.2 Å². The van der Waals surface area contributed by atoms with E-state index in [-0.39, 0.29) is 0 Å². The average Bonchev–Trinajstić information content (AvgIpc) is 2.71. The maximum absolute atomic E-state index is 5.32. The van der Waals surface area contributed by atoms with E-state index < -0.39 is 0 Å². The zero-order chi connectivity index (χ0) is 10.5. The van der Waals surface area contributed by atoms with E-state index in [1.165, 1.54) is 5.56 Å². The molecule has 0 saturated carbocycles. The monoisotopic (exact) mass is 209 g/mol. The van der Waals surface area contributed by atoms with Crippen molar-refractivity contribution in [2.75, 3.05) is 26.6 Å². The van der Waals surface area contributed by atoms with Gasteiger partial charge in [-0.2, -0.15) is 0 Å². The molecule has 1 aromatic rings. The highest BCUT2D eigenvalue weighted by Gasteiger charge is 2.12. The summed E-state index contributed by atoms with van der Waals surface area (Å²) < 4.78 is 15.8. The summed E-state index contributed by atoms with van der Waals surface area (Å²) in [6, 6.07) is 5.95. The van der Waals surface area contributed by atoms with Crippen molar-refractivity contribution in [2.24, 2.45) is 5.73 Å². The van der Waals surface area contributed by atoms with Crippen molar-refractivity contribution >= 4 is 0 Å². The van der Waals surface area contributed by atoms with E-state index in [2.05, 4.69) is 0 Å². The lowest BCUT2D eigenvalue weighted by molar-refractivity contribution is 0.144. The molecule has 2 N–H and O–H groups in total. The first-order valence-corrected chi connectivity index (χ1v) is 5.06. The van der Waals surface area contributed by atoms with E-state index in [0.29, 0.717) is 26.6 Å². The average molecular weight is 209 g/mol. The number of ether oxygens (including phenoxy) is 3. The first-order valence-electron chi connectivity index (χ1n) is 5.06. The summed E-state index contributed by atoms with van der Waals surface area (Å²) in [6.45, 7) is 2.20. The van der Waals surface area contributed by atoms with Gasteiger partial charge >= 0.3 is 0 Å². The van der Waals surface area contributed by atoms with E-state index in [4.69, 9.17) is 19.9 Å². The molecule has 0 atom stereocenters. The van der Waals surface area contributed by atoms with Crippen LogP contribution in [0.4, 0.5) is 0 Å². The standard InChI is InChI=1S/C11H15NO3/c12-4-6-13-5-3-9-1-2-10-11(7-9)15-8-14-10/h1-2,7H,3-6,8,12H2. The Bertz CT molecular complexity index is 328. The molecule has 0 saturated heterocycles. The number of hydrogen-bond donors (Lipinski definition) is 1. The van der Waals surface area contributed by atoms with Crippen molar-refractivity contribution in [3.63, 3.8) is 0 Å². The van der Waals surface area contributed by atoms with Gasteiger partial charge in [0.2, 0.25) is 6.79 Å². The second kappa shape index (κ2) is 5.00. The predicted molar refractivity (Wildman–Crippen MR) is 56.1 cm³/mol. The maximum Gasteiger partial charge on any atom is 0.231 e. The van der Waals surface area contributed by atoms with Gasteiger partial charge in [0, 0.05) is 6.54 Å². The first kappa shape index (κ1) is 10.3. The Morgan fingerprint density at radius 3 is 2.93 bits per heavy atom. The Hall–Kier alpha value is -1.26. The van der Waals surface area contributed by atoms with Gasteiger partial charge in [0.15, 0.2) is 11.5 Å². The molecule has 0 aliphatic carbocycles. The van der Waals surface area contributed by atoms with Crippen molar-refractivity contribution in [2.45, 2.75) is 6.42 Å². The molecule has 1 heterocycles. The fourth-order valence-electron chi connectivity index (χ4n) is 1.47. The van der Waals surface area contributed by atoms with Crippen molar-refractivity contribution in [1.82, 2.24) is 0 Å². The van der Waals surface area contributed by atoms with E-state index in [1.807, 2.05) is 18.2 Å². The molecule has 1 aliphatic heterocycles. The van der Waals surface area contributed by atoms with Gasteiger partial charge in [-0.3, -0.25) is 0 Å². The van der Waals surface area contributed by atoms with Gasteiger partial charge in [0.05, 0.1) is 13.2 Å². The number of hydrogen-bond acceptors (Lipinski definition) is 4. The summed E-state index contributed by atoms with van der Waals surface area (Å²) in [5, 5.41) is 0. The molecule has 4 heteroatoms. The van der Waals surface area contributed by atoms with Crippen LogP contribution in [0, 0.1) is 0 Å². The van der Waals surface area contributed by atoms with Crippen molar-refractivity contribution in [3.8, 4) is 11.5 Å². The van der Waals surface area contributed by atoms with Crippen LogP contribution in [0.2, 0.25) is 0 Å². The first-order chi connectivity index (χ1) is 7.40. The van der Waals surface area contributed by atoms with Gasteiger partial charge in [-0.25, -0.2) is 0 Å². The van der Waals surface area contributed by atoms with Gasteiger partial charge in [-0.05, 0) is 24.1 Å². The molecule has 4 nitrogen and oxygen atoms in total. The summed E-state index contributed by atoms with van der Waals surface area (Å²) in [6.07, 6.45) is 0.872. The Labute approximate surface area is 88.9 Å². The van der Waals surface area contributed by atoms with Crippen molar-refractivity contribution in [1.29, 1.82) is 0 Å². The lowest BCUT2D eigenvalue weighted by atomic mass is 10.1. The maximum atomic E-state index is 5.32. The van der Waals surface area contributed by atoms with Gasteiger partial charge < -0.3 is 19.9 Å². The summed E-state index contributed by atoms with van der Waals surface area (Å²) in [5.41, 5.74) is 6.51. The molecular formula is C11H15NO3. The second-order valence-electron chi connectivity index (χ2n) is 3.34. The quantitative estimate of drug-likeness (QED) is 0.733. The van der Waals surface area contributed by atoms with Gasteiger partial charge in [-0.1, -0.05) is 6.07 Å². The molecule has 0 radical (unpaired) electrons. The molecule has 0 fully saturated rings. The minimum Gasteiger partial charge on any atom is -0.454 e. The SMILES string of the molecule is NCCOCCc1ccc2c(c1)OCO2. The van der Waals surface area contributed by atoms with Gasteiger partial charge in [0.1, 0.15) is 0 Å². The zero-order valence-electron chi connectivity index (χ0n) is 8.57. The summed E-state index contributed by atoms with van der Waals surface area (Å²) in [7, 11) is 0. The highest BCUT2D eigenvalue weighted by molar-refractivity contribution is 5.44. The van der Waals surface area contributed by atoms with Crippen LogP contribution in [-0.2, 0) is 11.2 Å². The predicted octanol–water partition coefficient (Wildman–Crippen LogP) is 0.933. The largest absolute Gasteiger partial charge is 0.454 e. The van der Waals surface area contributed by atoms with Crippen LogP contribution in [0.5, 0.6) is 11.5 Å². The second-order valence-corrected chi connectivity index (χ2v) is 3.34. The Kier molecular flexibility index (Phi) is 3.42. The summed E-state index contributed by atoms with van der Waals surface area (Å²) in [5.74, 6) is 1.65. The molecule has 15 heavy (non-hydrogen) atoms. The highest BCUT2D eigenvalue weighted by atomic mass is 16.7. The molecule has 2 rings (SSSR count). The van der Waals surface area contributed by atoms with E-state index in [1.54, 1.807) is 0 Å². The topological polar surface area (TPSA) is 53.7 Å². The fraction of sp³-hybridized carbons (Fsp3) is 0.455. The molecule has 0 spiro atoms. The smallest absolute Gasteiger partial charge is 0.231 e. The molecule has 1 aromatic carbocycles. The van der Waals surface area contributed by atoms with Crippen LogP contribution in [0.1, 0.15) is 5.56 Å². The van der Waals surface area contributed by atoms with E-state index in [0.717, 1.165) is 17.9 Å². The minimum atomic E-state index is 0.322. The molecule has 0 unspecified atom stereocenters. The number of rotatable bonds is 5. The third-order valence-electron chi connectivity index (χ3n) is 2.23. The molecule has 82 valence electrons. The van der Waals surface area contributed by atoms with Crippen LogP contribution in [0.3, 0.4) is 0 Å². The molecular weight excluding hydrogens is 194 g/mol. The highest BCUT2D eigenvalue weighted by Crippen LogP contribution is 2.32. The third kappa shape index (κ3) is 2.61. The van der Waals surface area contributed by atoms with Gasteiger partial charge in [0.25, 0.3) is 0 Å². The third-order valence-corrected chi connectivity index (χ3v) is 2.23.